The summed E-state index contributed by atoms with van der Waals surface area (Å²) in [6.07, 6.45) is 2.50. The first-order chi connectivity index (χ1) is 12.0. The molecule has 5 nitrogen and oxygen atoms in total. The first-order valence-corrected chi connectivity index (χ1v) is 10.8. The van der Waals surface area contributed by atoms with Gasteiger partial charge in [0.05, 0.1) is 10.7 Å². The highest BCUT2D eigenvalue weighted by molar-refractivity contribution is 7.92. The lowest BCUT2D eigenvalue weighted by Gasteiger charge is -2.19. The van der Waals surface area contributed by atoms with Crippen LogP contribution in [-0.4, -0.2) is 48.8 Å². The van der Waals surface area contributed by atoms with Crippen molar-refractivity contribution in [2.24, 2.45) is 0 Å². The summed E-state index contributed by atoms with van der Waals surface area (Å²) >= 11 is 1.65. The van der Waals surface area contributed by atoms with Gasteiger partial charge in [-0.1, -0.05) is 30.3 Å². The Morgan fingerprint density at radius 3 is 2.68 bits per heavy atom. The highest BCUT2D eigenvalue weighted by atomic mass is 32.2. The van der Waals surface area contributed by atoms with Crippen LogP contribution < -0.4 is 0 Å². The Hall–Kier alpha value is -1.54. The van der Waals surface area contributed by atoms with Gasteiger partial charge in [0.2, 0.25) is 10.0 Å². The van der Waals surface area contributed by atoms with Gasteiger partial charge in [-0.3, -0.25) is 4.90 Å². The number of thiazole rings is 1. The molecule has 1 saturated heterocycles. The van der Waals surface area contributed by atoms with Gasteiger partial charge in [0.1, 0.15) is 0 Å². The summed E-state index contributed by atoms with van der Waals surface area (Å²) in [7, 11) is -3.38. The van der Waals surface area contributed by atoms with Crippen molar-refractivity contribution in [2.75, 3.05) is 26.2 Å². The molecular weight excluding hydrogens is 354 g/mol. The van der Waals surface area contributed by atoms with Crippen LogP contribution in [0.5, 0.6) is 0 Å². The summed E-state index contributed by atoms with van der Waals surface area (Å²) in [6, 6.07) is 9.50. The third-order valence-corrected chi connectivity index (χ3v) is 6.58. The Balaban J connectivity index is 1.60. The van der Waals surface area contributed by atoms with Crippen LogP contribution in [0, 0.1) is 6.92 Å². The number of nitrogens with zero attached hydrogens (tertiary/aromatic N) is 3. The highest BCUT2D eigenvalue weighted by Crippen LogP contribution is 2.15. The Morgan fingerprint density at radius 1 is 1.16 bits per heavy atom. The Kier molecular flexibility index (Phi) is 6.01. The molecule has 0 N–H and O–H groups in total. The molecule has 0 unspecified atom stereocenters. The van der Waals surface area contributed by atoms with Gasteiger partial charge in [0.25, 0.3) is 0 Å². The number of benzene rings is 1. The third kappa shape index (κ3) is 5.22. The van der Waals surface area contributed by atoms with Crippen molar-refractivity contribution in [2.45, 2.75) is 19.9 Å². The van der Waals surface area contributed by atoms with Gasteiger partial charge >= 0.3 is 0 Å². The van der Waals surface area contributed by atoms with E-state index in [1.54, 1.807) is 21.7 Å². The normalized spacial score (nSPS) is 17.8. The molecule has 0 bridgehead atoms. The minimum Gasteiger partial charge on any atom is -0.296 e. The zero-order valence-electron chi connectivity index (χ0n) is 14.3. The lowest BCUT2D eigenvalue weighted by Crippen LogP contribution is -2.33. The molecule has 7 heteroatoms. The Bertz CT molecular complexity index is 816. The van der Waals surface area contributed by atoms with Crippen LogP contribution >= 0.6 is 11.3 Å². The lowest BCUT2D eigenvalue weighted by atomic mass is 10.2. The third-order valence-electron chi connectivity index (χ3n) is 4.19. The molecule has 1 aromatic heterocycles. The second-order valence-corrected chi connectivity index (χ2v) is 9.03. The van der Waals surface area contributed by atoms with Crippen LogP contribution in [0.3, 0.4) is 0 Å². The molecule has 0 amide bonds. The van der Waals surface area contributed by atoms with Crippen LogP contribution in [0.25, 0.3) is 6.08 Å². The van der Waals surface area contributed by atoms with Crippen LogP contribution in [0.15, 0.2) is 41.1 Å². The first-order valence-electron chi connectivity index (χ1n) is 8.39. The summed E-state index contributed by atoms with van der Waals surface area (Å²) in [4.78, 5) is 6.78. The molecule has 3 rings (SSSR count). The maximum atomic E-state index is 12.6. The van der Waals surface area contributed by atoms with E-state index in [-0.39, 0.29) is 0 Å². The molecule has 134 valence electrons. The molecular formula is C18H23N3O2S2. The summed E-state index contributed by atoms with van der Waals surface area (Å²) in [5.74, 6) is 0. The minimum atomic E-state index is -3.38. The van der Waals surface area contributed by atoms with Crippen molar-refractivity contribution in [1.82, 2.24) is 14.2 Å². The molecule has 1 fully saturated rings. The highest BCUT2D eigenvalue weighted by Gasteiger charge is 2.23. The molecule has 0 spiro atoms. The molecule has 1 aliphatic heterocycles. The molecule has 1 aromatic carbocycles. The topological polar surface area (TPSA) is 53.5 Å². The predicted molar refractivity (Wildman–Crippen MR) is 103 cm³/mol. The van der Waals surface area contributed by atoms with E-state index in [1.807, 2.05) is 37.3 Å². The average molecular weight is 378 g/mol. The van der Waals surface area contributed by atoms with Crippen molar-refractivity contribution < 1.29 is 8.42 Å². The first kappa shape index (κ1) is 18.3. The van der Waals surface area contributed by atoms with Crippen LogP contribution in [0.1, 0.15) is 22.7 Å². The quantitative estimate of drug-likeness (QED) is 0.804. The van der Waals surface area contributed by atoms with E-state index in [0.717, 1.165) is 42.3 Å². The van der Waals surface area contributed by atoms with Gasteiger partial charge in [-0.25, -0.2) is 13.4 Å². The molecule has 0 saturated carbocycles. The number of aromatic nitrogens is 1. The van der Waals surface area contributed by atoms with Gasteiger partial charge in [-0.2, -0.15) is 4.31 Å². The summed E-state index contributed by atoms with van der Waals surface area (Å²) in [6.45, 7) is 5.50. The second kappa shape index (κ2) is 8.23. The van der Waals surface area contributed by atoms with Gasteiger partial charge in [0.15, 0.2) is 0 Å². The van der Waals surface area contributed by atoms with Gasteiger partial charge < -0.3 is 0 Å². The van der Waals surface area contributed by atoms with Crippen molar-refractivity contribution in [1.29, 1.82) is 0 Å². The molecule has 2 aromatic rings. The van der Waals surface area contributed by atoms with Crippen molar-refractivity contribution >= 4 is 27.4 Å². The van der Waals surface area contributed by atoms with Crippen LogP contribution in [-0.2, 0) is 16.6 Å². The molecule has 0 radical (unpaired) electrons. The van der Waals surface area contributed by atoms with E-state index < -0.39 is 10.0 Å². The monoisotopic (exact) mass is 377 g/mol. The second-order valence-electron chi connectivity index (χ2n) is 6.14. The Labute approximate surface area is 153 Å². The summed E-state index contributed by atoms with van der Waals surface area (Å²) < 4.78 is 26.8. The number of rotatable bonds is 5. The Morgan fingerprint density at radius 2 is 1.96 bits per heavy atom. The average Bonchev–Trinajstić information content (AvgIpc) is 2.86. The predicted octanol–water partition coefficient (Wildman–Crippen LogP) is 2.96. The largest absolute Gasteiger partial charge is 0.296 e. The minimum absolute atomic E-state index is 0.518. The fraction of sp³-hybridized carbons (Fsp3) is 0.389. The molecule has 0 aliphatic carbocycles. The van der Waals surface area contributed by atoms with Crippen LogP contribution in [0.4, 0.5) is 0 Å². The van der Waals surface area contributed by atoms with Crippen LogP contribution in [0.2, 0.25) is 0 Å². The van der Waals surface area contributed by atoms with Gasteiger partial charge in [-0.05, 0) is 31.5 Å². The van der Waals surface area contributed by atoms with Gasteiger partial charge in [-0.15, -0.1) is 11.3 Å². The fourth-order valence-corrected chi connectivity index (χ4v) is 4.71. The van der Waals surface area contributed by atoms with Crippen molar-refractivity contribution in [3.05, 3.63) is 57.4 Å². The van der Waals surface area contributed by atoms with Crippen molar-refractivity contribution in [3.63, 3.8) is 0 Å². The fourth-order valence-electron chi connectivity index (χ4n) is 2.88. The van der Waals surface area contributed by atoms with E-state index in [1.165, 1.54) is 5.41 Å². The maximum Gasteiger partial charge on any atom is 0.236 e. The number of sulfonamides is 1. The van der Waals surface area contributed by atoms with E-state index in [4.69, 9.17) is 0 Å². The van der Waals surface area contributed by atoms with E-state index in [2.05, 4.69) is 15.3 Å². The molecule has 1 aliphatic rings. The van der Waals surface area contributed by atoms with Crippen molar-refractivity contribution in [3.8, 4) is 0 Å². The zero-order chi connectivity index (χ0) is 17.7. The number of hydrogen-bond donors (Lipinski definition) is 0. The summed E-state index contributed by atoms with van der Waals surface area (Å²) in [5.41, 5.74) is 1.96. The standard InChI is InChI=1S/C18H23N3O2S2/c1-16-19-18(15-24-16)14-20-9-5-10-21(12-11-20)25(22,23)13-8-17-6-3-2-4-7-17/h2-4,6-8,13,15H,5,9-12,14H2,1H3/b13-8+. The molecule has 2 heterocycles. The van der Waals surface area contributed by atoms with E-state index in [9.17, 15) is 8.42 Å². The molecule has 0 atom stereocenters. The van der Waals surface area contributed by atoms with Gasteiger partial charge in [0, 0.05) is 37.0 Å². The number of hydrogen-bond acceptors (Lipinski definition) is 5. The number of aryl methyl sites for hydroxylation is 1. The summed E-state index contributed by atoms with van der Waals surface area (Å²) in [5, 5.41) is 4.47. The van der Waals surface area contributed by atoms with E-state index >= 15 is 0 Å². The van der Waals surface area contributed by atoms with E-state index in [0.29, 0.717) is 13.1 Å². The smallest absolute Gasteiger partial charge is 0.236 e. The molecule has 25 heavy (non-hydrogen) atoms. The zero-order valence-corrected chi connectivity index (χ0v) is 16.0. The maximum absolute atomic E-state index is 12.6. The lowest BCUT2D eigenvalue weighted by molar-refractivity contribution is 0.276. The SMILES string of the molecule is Cc1nc(CN2CCCN(S(=O)(=O)/C=C/c3ccccc3)CC2)cs1.